The van der Waals surface area contributed by atoms with Crippen molar-refractivity contribution in [2.45, 2.75) is 121 Å². The summed E-state index contributed by atoms with van der Waals surface area (Å²) in [5.74, 6) is -0.138. The molecule has 0 rings (SSSR count). The van der Waals surface area contributed by atoms with E-state index in [9.17, 15) is 9.59 Å². The molecule has 0 saturated carbocycles. The molecule has 0 aliphatic rings. The minimum absolute atomic E-state index is 0.0533. The van der Waals surface area contributed by atoms with E-state index in [2.05, 4.69) is 60.4 Å². The maximum Gasteiger partial charge on any atom is 0.184 e. The monoisotopic (exact) mass is 452 g/mol. The molecule has 0 aromatic carbocycles. The zero-order chi connectivity index (χ0) is 26.0. The molecule has 3 N–H and O–H groups in total. The third kappa shape index (κ3) is 9.74. The Hall–Kier alpha value is -1.20. The van der Waals surface area contributed by atoms with Crippen LogP contribution in [0.15, 0.2) is 12.3 Å². The first kappa shape index (κ1) is 30.8. The molecular formula is C27H52N2O3. The Kier molecular flexibility index (Phi) is 9.59. The number of ether oxygens (including phenoxy) is 1. The standard InChI is InChI=1S/C27H52N2O3/c1-19(23(6,7)17-22(3,4)5)29-26(12,13)15-16-32-27(14,28)21(31)25(10,11)18-24(8,9)20(2)30/h29H,1,15-18,28H2,2-14H3. The molecule has 0 bridgehead atoms. The second-order valence-electron chi connectivity index (χ2n) is 13.6. The van der Waals surface area contributed by atoms with Gasteiger partial charge in [-0.05, 0) is 52.4 Å². The molecule has 0 aromatic rings. The lowest BCUT2D eigenvalue weighted by molar-refractivity contribution is -0.154. The Morgan fingerprint density at radius 3 is 1.69 bits per heavy atom. The molecule has 1 atom stereocenters. The lowest BCUT2D eigenvalue weighted by Gasteiger charge is -2.40. The molecule has 188 valence electrons. The van der Waals surface area contributed by atoms with Gasteiger partial charge in [0.15, 0.2) is 11.5 Å². The predicted molar refractivity (Wildman–Crippen MR) is 135 cm³/mol. The van der Waals surface area contributed by atoms with E-state index in [4.69, 9.17) is 10.5 Å². The van der Waals surface area contributed by atoms with Crippen LogP contribution in [0.2, 0.25) is 0 Å². The number of nitrogens with two attached hydrogens (primary N) is 1. The van der Waals surface area contributed by atoms with Crippen LogP contribution in [-0.4, -0.2) is 29.4 Å². The molecular weight excluding hydrogens is 400 g/mol. The van der Waals surface area contributed by atoms with E-state index in [-0.39, 0.29) is 27.9 Å². The predicted octanol–water partition coefficient (Wildman–Crippen LogP) is 6.01. The number of carbonyl (C=O) groups is 2. The summed E-state index contributed by atoms with van der Waals surface area (Å²) >= 11 is 0. The van der Waals surface area contributed by atoms with Crippen molar-refractivity contribution in [1.29, 1.82) is 0 Å². The Labute approximate surface area is 198 Å². The molecule has 0 aliphatic carbocycles. The molecule has 0 spiro atoms. The minimum atomic E-state index is -1.42. The van der Waals surface area contributed by atoms with E-state index in [1.165, 1.54) is 0 Å². The first-order valence-corrected chi connectivity index (χ1v) is 11.8. The van der Waals surface area contributed by atoms with Gasteiger partial charge in [0.25, 0.3) is 0 Å². The Morgan fingerprint density at radius 2 is 1.28 bits per heavy atom. The summed E-state index contributed by atoms with van der Waals surface area (Å²) in [4.78, 5) is 25.1. The van der Waals surface area contributed by atoms with E-state index in [0.717, 1.165) is 12.1 Å². The summed E-state index contributed by atoms with van der Waals surface area (Å²) in [6.07, 6.45) is 2.09. The quantitative estimate of drug-likeness (QED) is 0.334. The SMILES string of the molecule is C=C(NC(C)(C)CCOC(C)(N)C(=O)C(C)(C)CC(C)(C)C(C)=O)C(C)(C)CC(C)(C)C. The minimum Gasteiger partial charge on any atom is -0.383 e. The molecule has 0 aromatic heterocycles. The third-order valence-electron chi connectivity index (χ3n) is 6.31. The van der Waals surface area contributed by atoms with E-state index < -0.39 is 16.6 Å². The lowest BCUT2D eigenvalue weighted by atomic mass is 9.69. The van der Waals surface area contributed by atoms with Crippen LogP contribution in [0.4, 0.5) is 0 Å². The second-order valence-corrected chi connectivity index (χ2v) is 13.6. The van der Waals surface area contributed by atoms with Gasteiger partial charge in [0.05, 0.1) is 6.61 Å². The van der Waals surface area contributed by atoms with E-state index in [1.54, 1.807) is 13.8 Å². The molecule has 0 fully saturated rings. The van der Waals surface area contributed by atoms with Crippen LogP contribution in [0.25, 0.3) is 0 Å². The molecule has 32 heavy (non-hydrogen) atoms. The van der Waals surface area contributed by atoms with Crippen molar-refractivity contribution in [3.63, 3.8) is 0 Å². The van der Waals surface area contributed by atoms with Gasteiger partial charge in [-0.25, -0.2) is 0 Å². The third-order valence-corrected chi connectivity index (χ3v) is 6.31. The highest BCUT2D eigenvalue weighted by atomic mass is 16.5. The van der Waals surface area contributed by atoms with Gasteiger partial charge in [-0.3, -0.25) is 15.3 Å². The largest absolute Gasteiger partial charge is 0.383 e. The molecule has 1 unspecified atom stereocenters. The summed E-state index contributed by atoms with van der Waals surface area (Å²) in [6.45, 7) is 30.5. The first-order chi connectivity index (χ1) is 13.8. The van der Waals surface area contributed by atoms with Gasteiger partial charge < -0.3 is 10.1 Å². The van der Waals surface area contributed by atoms with Crippen LogP contribution < -0.4 is 11.1 Å². The topological polar surface area (TPSA) is 81.4 Å². The fourth-order valence-corrected chi connectivity index (χ4v) is 4.64. The maximum atomic E-state index is 13.2. The fourth-order valence-electron chi connectivity index (χ4n) is 4.64. The lowest BCUT2D eigenvalue weighted by Crippen LogP contribution is -2.55. The smallest absolute Gasteiger partial charge is 0.184 e. The summed E-state index contributed by atoms with van der Waals surface area (Å²) in [6, 6.07) is 0. The highest BCUT2D eigenvalue weighted by molar-refractivity contribution is 5.92. The van der Waals surface area contributed by atoms with Crippen molar-refractivity contribution in [1.82, 2.24) is 5.32 Å². The average Bonchev–Trinajstić information content (AvgIpc) is 2.49. The summed E-state index contributed by atoms with van der Waals surface area (Å²) in [5.41, 5.74) is 4.40. The van der Waals surface area contributed by atoms with Crippen molar-refractivity contribution in [2.75, 3.05) is 6.61 Å². The number of ketones is 2. The number of hydrogen-bond acceptors (Lipinski definition) is 5. The van der Waals surface area contributed by atoms with Crippen LogP contribution in [-0.2, 0) is 14.3 Å². The Morgan fingerprint density at radius 1 is 0.812 bits per heavy atom. The summed E-state index contributed by atoms with van der Waals surface area (Å²) in [7, 11) is 0. The molecule has 0 heterocycles. The zero-order valence-electron chi connectivity index (χ0n) is 23.3. The van der Waals surface area contributed by atoms with Crippen LogP contribution in [0.3, 0.4) is 0 Å². The average molecular weight is 453 g/mol. The number of carbonyl (C=O) groups excluding carboxylic acids is 2. The molecule has 0 aliphatic heterocycles. The first-order valence-electron chi connectivity index (χ1n) is 11.8. The highest BCUT2D eigenvalue weighted by Gasteiger charge is 2.44. The number of rotatable bonds is 13. The van der Waals surface area contributed by atoms with Crippen LogP contribution in [0.1, 0.15) is 109 Å². The number of nitrogens with one attached hydrogen (secondary N) is 1. The van der Waals surface area contributed by atoms with E-state index >= 15 is 0 Å². The van der Waals surface area contributed by atoms with E-state index in [1.807, 2.05) is 27.7 Å². The highest BCUT2D eigenvalue weighted by Crippen LogP contribution is 2.39. The van der Waals surface area contributed by atoms with Crippen molar-refractivity contribution in [2.24, 2.45) is 27.4 Å². The van der Waals surface area contributed by atoms with Gasteiger partial charge in [-0.1, -0.05) is 68.9 Å². The maximum absolute atomic E-state index is 13.2. The molecule has 0 amide bonds. The molecule has 5 nitrogen and oxygen atoms in total. The molecule has 0 saturated heterocycles. The number of Topliss-reactive ketones (excluding diaryl/α,β-unsaturated/α-hetero) is 2. The number of allylic oxidation sites excluding steroid dienone is 1. The van der Waals surface area contributed by atoms with Crippen LogP contribution in [0, 0.1) is 21.7 Å². The van der Waals surface area contributed by atoms with Gasteiger partial charge in [0, 0.05) is 27.5 Å². The summed E-state index contributed by atoms with van der Waals surface area (Å²) < 4.78 is 5.91. The fraction of sp³-hybridized carbons (Fsp3) is 0.852. The zero-order valence-corrected chi connectivity index (χ0v) is 23.3. The van der Waals surface area contributed by atoms with Crippen molar-refractivity contribution < 1.29 is 14.3 Å². The van der Waals surface area contributed by atoms with E-state index in [0.29, 0.717) is 19.4 Å². The van der Waals surface area contributed by atoms with Gasteiger partial charge >= 0.3 is 0 Å². The van der Waals surface area contributed by atoms with Gasteiger partial charge in [-0.15, -0.1) is 0 Å². The van der Waals surface area contributed by atoms with Crippen LogP contribution >= 0.6 is 0 Å². The molecule has 0 radical (unpaired) electrons. The molecule has 5 heteroatoms. The number of hydrogen-bond donors (Lipinski definition) is 2. The van der Waals surface area contributed by atoms with Crippen molar-refractivity contribution in [3.8, 4) is 0 Å². The van der Waals surface area contributed by atoms with Crippen LogP contribution in [0.5, 0.6) is 0 Å². The van der Waals surface area contributed by atoms with Crippen molar-refractivity contribution >= 4 is 11.6 Å². The van der Waals surface area contributed by atoms with Gasteiger partial charge in [0.1, 0.15) is 5.78 Å². The Balaban J connectivity index is 5.07. The van der Waals surface area contributed by atoms with Gasteiger partial charge in [-0.2, -0.15) is 0 Å². The second kappa shape index (κ2) is 9.97. The summed E-state index contributed by atoms with van der Waals surface area (Å²) in [5, 5.41) is 3.57. The van der Waals surface area contributed by atoms with Gasteiger partial charge in [0.2, 0.25) is 0 Å². The van der Waals surface area contributed by atoms with Crippen molar-refractivity contribution in [3.05, 3.63) is 12.3 Å². The Bertz CT molecular complexity index is 692. The normalized spacial score (nSPS) is 15.8.